The number of alkyl halides is 1. The van der Waals surface area contributed by atoms with Crippen molar-refractivity contribution in [2.45, 2.75) is 49.1 Å². The third kappa shape index (κ3) is 4.64. The number of halogens is 1. The van der Waals surface area contributed by atoms with Crippen LogP contribution in [0.3, 0.4) is 0 Å². The van der Waals surface area contributed by atoms with Gasteiger partial charge in [-0.2, -0.15) is 5.26 Å². The van der Waals surface area contributed by atoms with Gasteiger partial charge in [0.15, 0.2) is 9.84 Å². The minimum atomic E-state index is -4.14. The average Bonchev–Trinajstić information content (AvgIpc) is 3.06. The first-order valence-corrected chi connectivity index (χ1v) is 10.7. The number of rotatable bonds is 7. The number of amides is 2. The maximum Gasteiger partial charge on any atom is 0.405 e. The van der Waals surface area contributed by atoms with Crippen LogP contribution in [0, 0.1) is 11.3 Å². The number of sulfone groups is 1. The van der Waals surface area contributed by atoms with E-state index in [1.54, 1.807) is 30.3 Å². The number of hydrogen-bond donors (Lipinski definition) is 1. The molecule has 30 heavy (non-hydrogen) atoms. The minimum absolute atomic E-state index is 0.208. The number of nitrogens with two attached hydrogens (primary N) is 1. The van der Waals surface area contributed by atoms with Crippen LogP contribution in [0.4, 0.5) is 9.18 Å². The molecule has 1 saturated heterocycles. The molecule has 9 nitrogen and oxygen atoms in total. The van der Waals surface area contributed by atoms with Crippen molar-refractivity contribution in [2.24, 2.45) is 5.73 Å². The molecule has 0 spiro atoms. The topological polar surface area (TPSA) is 140 Å². The van der Waals surface area contributed by atoms with E-state index in [-0.39, 0.29) is 6.42 Å². The lowest BCUT2D eigenvalue weighted by atomic mass is 10.0. The predicted octanol–water partition coefficient (Wildman–Crippen LogP) is 1.32. The normalized spacial score (nSPS) is 20.3. The molecule has 2 N–H and O–H groups in total. The van der Waals surface area contributed by atoms with Crippen molar-refractivity contribution in [2.75, 3.05) is 13.7 Å². The van der Waals surface area contributed by atoms with Crippen molar-refractivity contribution in [1.82, 2.24) is 4.90 Å². The summed E-state index contributed by atoms with van der Waals surface area (Å²) in [6, 6.07) is 7.15. The number of carbonyl (C=O) groups excluding carboxylic acids is 2. The molecule has 1 aromatic rings. The number of nitriles is 1. The van der Waals surface area contributed by atoms with Gasteiger partial charge in [0.05, 0.1) is 25.5 Å². The van der Waals surface area contributed by atoms with E-state index >= 15 is 0 Å². The number of likely N-dealkylation sites (tertiary alicyclic amines) is 1. The zero-order valence-corrected chi connectivity index (χ0v) is 17.7. The van der Waals surface area contributed by atoms with E-state index in [9.17, 15) is 27.7 Å². The highest BCUT2D eigenvalue weighted by atomic mass is 32.2. The van der Waals surface area contributed by atoms with Crippen molar-refractivity contribution >= 4 is 21.8 Å². The highest BCUT2D eigenvalue weighted by Gasteiger charge is 2.51. The number of methoxy groups -OCH3 is 1. The molecule has 0 unspecified atom stereocenters. The Morgan fingerprint density at radius 1 is 1.40 bits per heavy atom. The summed E-state index contributed by atoms with van der Waals surface area (Å²) in [5.74, 6) is -1.17. The van der Waals surface area contributed by atoms with E-state index in [1.165, 1.54) is 21.0 Å². The molecule has 1 fully saturated rings. The Kier molecular flexibility index (Phi) is 6.92. The van der Waals surface area contributed by atoms with Crippen LogP contribution in [-0.4, -0.2) is 62.0 Å². The molecule has 0 saturated carbocycles. The Morgan fingerprint density at radius 2 is 2.03 bits per heavy atom. The first-order chi connectivity index (χ1) is 13.9. The molecule has 164 valence electrons. The lowest BCUT2D eigenvalue weighted by molar-refractivity contribution is -0.141. The van der Waals surface area contributed by atoms with E-state index in [0.717, 1.165) is 4.90 Å². The van der Waals surface area contributed by atoms with E-state index in [4.69, 9.17) is 15.2 Å². The Bertz CT molecular complexity index is 959. The molecule has 3 atom stereocenters. The zero-order valence-electron chi connectivity index (χ0n) is 16.9. The van der Waals surface area contributed by atoms with Gasteiger partial charge in [-0.15, -0.1) is 0 Å². The molecule has 0 bridgehead atoms. The molecule has 1 heterocycles. The van der Waals surface area contributed by atoms with Gasteiger partial charge in [-0.1, -0.05) is 18.2 Å². The van der Waals surface area contributed by atoms with Crippen molar-refractivity contribution in [3.8, 4) is 11.8 Å². The maximum absolute atomic E-state index is 13.8. The molecular formula is C19H24FN3O6S. The highest BCUT2D eigenvalue weighted by Crippen LogP contribution is 2.32. The van der Waals surface area contributed by atoms with E-state index in [2.05, 4.69) is 0 Å². The number of primary amides is 1. The monoisotopic (exact) mass is 441 g/mol. The SMILES string of the molecule is COc1ccccc1CS(=O)(=O)C(C)(C)[C@H](OC(N)=O)C(=O)N1C[C@@H](F)C[C@H]1C#N. The number of benzene rings is 1. The van der Waals surface area contributed by atoms with Crippen LogP contribution in [0.2, 0.25) is 0 Å². The molecule has 11 heteroatoms. The van der Waals surface area contributed by atoms with Gasteiger partial charge in [0.25, 0.3) is 5.91 Å². The lowest BCUT2D eigenvalue weighted by Gasteiger charge is -2.35. The standard InChI is InChI=1S/C19H24FN3O6S/c1-19(2,30(26,27)11-12-6-4-5-7-15(12)28-3)16(29-18(22)25)17(24)23-10-13(20)8-14(23)9-21/h4-7,13-14,16H,8,10-11H2,1-3H3,(H2,22,25)/t13-,14-,16+/m0/s1. The molecule has 0 aliphatic carbocycles. The Morgan fingerprint density at radius 3 is 2.60 bits per heavy atom. The summed E-state index contributed by atoms with van der Waals surface area (Å²) in [5.41, 5.74) is 5.42. The van der Waals surface area contributed by atoms with Crippen molar-refractivity contribution < 1.29 is 31.9 Å². The summed E-state index contributed by atoms with van der Waals surface area (Å²) in [6.07, 6.45) is -4.88. The maximum atomic E-state index is 13.8. The summed E-state index contributed by atoms with van der Waals surface area (Å²) in [4.78, 5) is 25.4. The summed E-state index contributed by atoms with van der Waals surface area (Å²) >= 11 is 0. The summed E-state index contributed by atoms with van der Waals surface area (Å²) in [6.45, 7) is 2.03. The van der Waals surface area contributed by atoms with Crippen LogP contribution in [0.25, 0.3) is 0 Å². The zero-order chi connectivity index (χ0) is 22.7. The molecule has 0 radical (unpaired) electrons. The predicted molar refractivity (Wildman–Crippen MR) is 105 cm³/mol. The second-order valence-electron chi connectivity index (χ2n) is 7.46. The van der Waals surface area contributed by atoms with Crippen LogP contribution < -0.4 is 10.5 Å². The molecule has 1 aromatic carbocycles. The van der Waals surface area contributed by atoms with Crippen molar-refractivity contribution in [1.29, 1.82) is 5.26 Å². The molecule has 2 amide bonds. The first-order valence-electron chi connectivity index (χ1n) is 9.09. The molecule has 0 aromatic heterocycles. The van der Waals surface area contributed by atoms with Crippen molar-refractivity contribution in [3.05, 3.63) is 29.8 Å². The molecular weight excluding hydrogens is 417 g/mol. The largest absolute Gasteiger partial charge is 0.496 e. The lowest BCUT2D eigenvalue weighted by Crippen LogP contribution is -2.56. The Labute approximate surface area is 174 Å². The van der Waals surface area contributed by atoms with Crippen LogP contribution >= 0.6 is 0 Å². The number of para-hydroxylation sites is 1. The van der Waals surface area contributed by atoms with Crippen LogP contribution in [0.1, 0.15) is 25.8 Å². The minimum Gasteiger partial charge on any atom is -0.496 e. The number of ether oxygens (including phenoxy) is 2. The molecule has 2 rings (SSSR count). The van der Waals surface area contributed by atoms with Gasteiger partial charge in [-0.05, 0) is 19.9 Å². The number of carbonyl (C=O) groups is 2. The van der Waals surface area contributed by atoms with E-state index in [1.807, 2.05) is 0 Å². The molecule has 1 aliphatic rings. The summed E-state index contributed by atoms with van der Waals surface area (Å²) in [5, 5.41) is 9.21. The Hall–Kier alpha value is -2.87. The van der Waals surface area contributed by atoms with Gasteiger partial charge in [0.2, 0.25) is 6.10 Å². The third-order valence-electron chi connectivity index (χ3n) is 5.11. The van der Waals surface area contributed by atoms with Crippen molar-refractivity contribution in [3.63, 3.8) is 0 Å². The quantitative estimate of drug-likeness (QED) is 0.673. The Balaban J connectivity index is 2.42. The van der Waals surface area contributed by atoms with Gasteiger partial charge in [-0.25, -0.2) is 17.6 Å². The fourth-order valence-electron chi connectivity index (χ4n) is 3.28. The summed E-state index contributed by atoms with van der Waals surface area (Å²) < 4.78 is 48.4. The second kappa shape index (κ2) is 8.87. The van der Waals surface area contributed by atoms with Gasteiger partial charge in [0.1, 0.15) is 22.7 Å². The fourth-order valence-corrected chi connectivity index (χ4v) is 4.78. The second-order valence-corrected chi connectivity index (χ2v) is 10.0. The van der Waals surface area contributed by atoms with Gasteiger partial charge >= 0.3 is 6.09 Å². The first kappa shape index (κ1) is 23.4. The van der Waals surface area contributed by atoms with Crippen LogP contribution in [0.15, 0.2) is 24.3 Å². The highest BCUT2D eigenvalue weighted by molar-refractivity contribution is 7.92. The fraction of sp³-hybridized carbons (Fsp3) is 0.526. The number of hydrogen-bond acceptors (Lipinski definition) is 7. The van der Waals surface area contributed by atoms with Gasteiger partial charge in [-0.3, -0.25) is 4.79 Å². The van der Waals surface area contributed by atoms with E-state index < -0.39 is 57.2 Å². The van der Waals surface area contributed by atoms with Gasteiger partial charge in [0, 0.05) is 12.0 Å². The van der Waals surface area contributed by atoms with Crippen LogP contribution in [-0.2, 0) is 25.1 Å². The third-order valence-corrected chi connectivity index (χ3v) is 7.62. The van der Waals surface area contributed by atoms with Gasteiger partial charge < -0.3 is 20.1 Å². The van der Waals surface area contributed by atoms with E-state index in [0.29, 0.717) is 11.3 Å². The number of nitrogens with zero attached hydrogens (tertiary/aromatic N) is 2. The average molecular weight is 441 g/mol. The molecule has 1 aliphatic heterocycles. The summed E-state index contributed by atoms with van der Waals surface area (Å²) in [7, 11) is -2.75. The smallest absolute Gasteiger partial charge is 0.405 e. The van der Waals surface area contributed by atoms with Crippen LogP contribution in [0.5, 0.6) is 5.75 Å².